The quantitative estimate of drug-likeness (QED) is 0.828. The number of rotatable bonds is 3. The van der Waals surface area contributed by atoms with E-state index in [-0.39, 0.29) is 0 Å². The molecule has 1 heterocycles. The van der Waals surface area contributed by atoms with Gasteiger partial charge in [-0.25, -0.2) is 0 Å². The van der Waals surface area contributed by atoms with Crippen LogP contribution in [0.3, 0.4) is 0 Å². The SMILES string of the molecule is C=C1NCc2cc(SCc3ccccc3)ccc21. The largest absolute Gasteiger partial charge is 0.381 e. The van der Waals surface area contributed by atoms with Gasteiger partial charge in [0.2, 0.25) is 0 Å². The van der Waals surface area contributed by atoms with E-state index in [1.807, 2.05) is 11.8 Å². The van der Waals surface area contributed by atoms with Gasteiger partial charge in [0.05, 0.1) is 0 Å². The molecular weight excluding hydrogens is 238 g/mol. The summed E-state index contributed by atoms with van der Waals surface area (Å²) in [7, 11) is 0. The fraction of sp³-hybridized carbons (Fsp3) is 0.125. The van der Waals surface area contributed by atoms with Crippen LogP contribution in [0.2, 0.25) is 0 Å². The second kappa shape index (κ2) is 4.91. The second-order valence-electron chi connectivity index (χ2n) is 4.43. The first kappa shape index (κ1) is 11.4. The molecule has 1 aliphatic heterocycles. The van der Waals surface area contributed by atoms with Crippen LogP contribution in [0.4, 0.5) is 0 Å². The topological polar surface area (TPSA) is 12.0 Å². The van der Waals surface area contributed by atoms with Gasteiger partial charge in [0.15, 0.2) is 0 Å². The van der Waals surface area contributed by atoms with Crippen LogP contribution in [0.5, 0.6) is 0 Å². The first-order valence-corrected chi connectivity index (χ1v) is 7.04. The molecule has 18 heavy (non-hydrogen) atoms. The summed E-state index contributed by atoms with van der Waals surface area (Å²) in [5.41, 5.74) is 5.03. The predicted octanol–water partition coefficient (Wildman–Crippen LogP) is 4.05. The van der Waals surface area contributed by atoms with Crippen LogP contribution in [0.1, 0.15) is 16.7 Å². The smallest absolute Gasteiger partial charge is 0.0407 e. The van der Waals surface area contributed by atoms with Gasteiger partial charge in [-0.3, -0.25) is 0 Å². The van der Waals surface area contributed by atoms with Gasteiger partial charge >= 0.3 is 0 Å². The van der Waals surface area contributed by atoms with E-state index in [0.717, 1.165) is 18.0 Å². The van der Waals surface area contributed by atoms with E-state index in [2.05, 4.69) is 60.4 Å². The minimum Gasteiger partial charge on any atom is -0.381 e. The van der Waals surface area contributed by atoms with Gasteiger partial charge < -0.3 is 5.32 Å². The number of hydrogen-bond acceptors (Lipinski definition) is 2. The summed E-state index contributed by atoms with van der Waals surface area (Å²) in [6.07, 6.45) is 0. The lowest BCUT2D eigenvalue weighted by Crippen LogP contribution is -1.98. The molecule has 0 saturated carbocycles. The molecule has 1 nitrogen and oxygen atoms in total. The Kier molecular flexibility index (Phi) is 3.11. The molecule has 1 N–H and O–H groups in total. The van der Waals surface area contributed by atoms with Crippen LogP contribution >= 0.6 is 11.8 Å². The van der Waals surface area contributed by atoms with Gasteiger partial charge in [-0.2, -0.15) is 0 Å². The van der Waals surface area contributed by atoms with Crippen molar-refractivity contribution in [1.29, 1.82) is 0 Å². The van der Waals surface area contributed by atoms with Crippen LogP contribution in [-0.4, -0.2) is 0 Å². The molecule has 2 aromatic rings. The molecule has 0 atom stereocenters. The normalized spacial score (nSPS) is 13.2. The van der Waals surface area contributed by atoms with E-state index in [1.54, 1.807) is 0 Å². The third kappa shape index (κ3) is 2.29. The van der Waals surface area contributed by atoms with Gasteiger partial charge in [-0.05, 0) is 23.3 Å². The van der Waals surface area contributed by atoms with Gasteiger partial charge in [-0.1, -0.05) is 43.0 Å². The molecule has 3 rings (SSSR count). The average Bonchev–Trinajstić information content (AvgIpc) is 2.79. The minimum atomic E-state index is 0.911. The Morgan fingerprint density at radius 1 is 1.11 bits per heavy atom. The molecule has 1 aliphatic rings. The molecule has 0 unspecified atom stereocenters. The summed E-state index contributed by atoms with van der Waals surface area (Å²) in [6, 6.07) is 17.2. The highest BCUT2D eigenvalue weighted by Crippen LogP contribution is 2.29. The Balaban J connectivity index is 1.73. The molecular formula is C16H15NS. The standard InChI is InChI=1S/C16H15NS/c1-12-16-8-7-15(9-14(16)10-17-12)18-11-13-5-3-2-4-6-13/h2-9,17H,1,10-11H2. The Morgan fingerprint density at radius 2 is 1.94 bits per heavy atom. The van der Waals surface area contributed by atoms with Crippen molar-refractivity contribution >= 4 is 17.5 Å². The van der Waals surface area contributed by atoms with Crippen LogP contribution in [0.15, 0.2) is 60.0 Å². The van der Waals surface area contributed by atoms with Crippen LogP contribution < -0.4 is 5.32 Å². The van der Waals surface area contributed by atoms with E-state index < -0.39 is 0 Å². The van der Waals surface area contributed by atoms with E-state index in [0.29, 0.717) is 0 Å². The van der Waals surface area contributed by atoms with Gasteiger partial charge in [0.1, 0.15) is 0 Å². The Hall–Kier alpha value is -1.67. The maximum atomic E-state index is 4.00. The van der Waals surface area contributed by atoms with Gasteiger partial charge in [0.25, 0.3) is 0 Å². The Morgan fingerprint density at radius 3 is 2.78 bits per heavy atom. The summed E-state index contributed by atoms with van der Waals surface area (Å²) in [4.78, 5) is 1.33. The third-order valence-electron chi connectivity index (χ3n) is 3.14. The van der Waals surface area contributed by atoms with E-state index in [4.69, 9.17) is 0 Å². The van der Waals surface area contributed by atoms with Gasteiger partial charge in [-0.15, -0.1) is 11.8 Å². The van der Waals surface area contributed by atoms with E-state index in [9.17, 15) is 0 Å². The fourth-order valence-corrected chi connectivity index (χ4v) is 3.05. The number of nitrogens with one attached hydrogen (secondary N) is 1. The highest BCUT2D eigenvalue weighted by Gasteiger charge is 2.13. The fourth-order valence-electron chi connectivity index (χ4n) is 2.14. The molecule has 0 aromatic heterocycles. The molecule has 2 aromatic carbocycles. The van der Waals surface area contributed by atoms with Crippen molar-refractivity contribution in [3.8, 4) is 0 Å². The van der Waals surface area contributed by atoms with Crippen LogP contribution in [0.25, 0.3) is 5.70 Å². The Labute approximate surface area is 112 Å². The van der Waals surface area contributed by atoms with Crippen molar-refractivity contribution in [1.82, 2.24) is 5.32 Å². The molecule has 2 heteroatoms. The molecule has 0 radical (unpaired) electrons. The van der Waals surface area contributed by atoms with Crippen molar-refractivity contribution in [2.75, 3.05) is 0 Å². The lowest BCUT2D eigenvalue weighted by molar-refractivity contribution is 0.943. The lowest BCUT2D eigenvalue weighted by atomic mass is 10.1. The summed E-state index contributed by atoms with van der Waals surface area (Å²) in [6.45, 7) is 4.91. The van der Waals surface area contributed by atoms with Crippen molar-refractivity contribution in [2.45, 2.75) is 17.2 Å². The summed E-state index contributed by atoms with van der Waals surface area (Å²) in [5.74, 6) is 1.02. The van der Waals surface area contributed by atoms with E-state index >= 15 is 0 Å². The highest BCUT2D eigenvalue weighted by molar-refractivity contribution is 7.98. The summed E-state index contributed by atoms with van der Waals surface area (Å²) >= 11 is 1.88. The first-order valence-electron chi connectivity index (χ1n) is 6.06. The molecule has 0 saturated heterocycles. The van der Waals surface area contributed by atoms with Crippen molar-refractivity contribution in [3.63, 3.8) is 0 Å². The summed E-state index contributed by atoms with van der Waals surface area (Å²) in [5, 5.41) is 3.28. The average molecular weight is 253 g/mol. The van der Waals surface area contributed by atoms with Crippen LogP contribution in [0, 0.1) is 0 Å². The third-order valence-corrected chi connectivity index (χ3v) is 4.21. The number of hydrogen-bond donors (Lipinski definition) is 1. The number of benzene rings is 2. The minimum absolute atomic E-state index is 0.911. The molecule has 0 fully saturated rings. The molecule has 0 amide bonds. The van der Waals surface area contributed by atoms with Crippen molar-refractivity contribution in [2.24, 2.45) is 0 Å². The zero-order valence-electron chi connectivity index (χ0n) is 10.1. The second-order valence-corrected chi connectivity index (χ2v) is 5.47. The zero-order chi connectivity index (χ0) is 12.4. The zero-order valence-corrected chi connectivity index (χ0v) is 11.0. The number of thioether (sulfide) groups is 1. The van der Waals surface area contributed by atoms with Crippen LogP contribution in [-0.2, 0) is 12.3 Å². The molecule has 0 aliphatic carbocycles. The van der Waals surface area contributed by atoms with Crippen molar-refractivity contribution < 1.29 is 0 Å². The van der Waals surface area contributed by atoms with E-state index in [1.165, 1.54) is 21.6 Å². The monoisotopic (exact) mass is 253 g/mol. The van der Waals surface area contributed by atoms with Gasteiger partial charge in [0, 0.05) is 28.5 Å². The first-order chi connectivity index (χ1) is 8.83. The number of fused-ring (bicyclic) bond motifs is 1. The molecule has 0 spiro atoms. The molecule has 90 valence electrons. The van der Waals surface area contributed by atoms with Crippen molar-refractivity contribution in [3.05, 3.63) is 71.8 Å². The maximum absolute atomic E-state index is 4.00. The Bertz CT molecular complexity index is 575. The lowest BCUT2D eigenvalue weighted by Gasteiger charge is -2.04. The highest BCUT2D eigenvalue weighted by atomic mass is 32.2. The maximum Gasteiger partial charge on any atom is 0.0407 e. The molecule has 0 bridgehead atoms. The summed E-state index contributed by atoms with van der Waals surface area (Å²) < 4.78 is 0. The predicted molar refractivity (Wildman–Crippen MR) is 78.3 cm³/mol.